The molecule has 0 atom stereocenters. The number of carbonyl (C=O) groups is 1. The first-order valence-electron chi connectivity index (χ1n) is 7.31. The van der Waals surface area contributed by atoms with Gasteiger partial charge in [0.1, 0.15) is 0 Å². The number of carbonyl (C=O) groups excluding carboxylic acids is 1. The number of amides is 1. The fourth-order valence-electron chi connectivity index (χ4n) is 1.99. The van der Waals surface area contributed by atoms with Crippen LogP contribution in [0, 0.1) is 10.1 Å². The predicted octanol–water partition coefficient (Wildman–Crippen LogP) is 4.25. The van der Waals surface area contributed by atoms with Gasteiger partial charge in [-0.05, 0) is 29.9 Å². The van der Waals surface area contributed by atoms with Crippen molar-refractivity contribution in [3.63, 3.8) is 0 Å². The van der Waals surface area contributed by atoms with Gasteiger partial charge < -0.3 is 5.32 Å². The second-order valence-electron chi connectivity index (χ2n) is 4.99. The van der Waals surface area contributed by atoms with Gasteiger partial charge in [-0.15, -0.1) is 0 Å². The van der Waals surface area contributed by atoms with Gasteiger partial charge in [0.25, 0.3) is 5.69 Å². The summed E-state index contributed by atoms with van der Waals surface area (Å²) in [6, 6.07) is 16.1. The summed E-state index contributed by atoms with van der Waals surface area (Å²) in [5.41, 5.74) is 1.88. The summed E-state index contributed by atoms with van der Waals surface area (Å²) in [4.78, 5) is 21.9. The summed E-state index contributed by atoms with van der Waals surface area (Å²) in [5, 5.41) is 13.3. The average molecular weight is 330 g/mol. The Hall–Kier alpha value is -2.34. The highest BCUT2D eigenvalue weighted by Crippen LogP contribution is 2.16. The fraction of sp³-hybridized carbons (Fsp3) is 0.235. The van der Waals surface area contributed by atoms with E-state index in [4.69, 9.17) is 0 Å². The van der Waals surface area contributed by atoms with Crippen molar-refractivity contribution in [2.24, 2.45) is 0 Å². The Morgan fingerprint density at radius 3 is 2.43 bits per heavy atom. The van der Waals surface area contributed by atoms with Crippen molar-refractivity contribution in [3.8, 4) is 0 Å². The molecule has 2 aromatic rings. The van der Waals surface area contributed by atoms with E-state index in [0.717, 1.165) is 17.9 Å². The maximum Gasteiger partial charge on any atom is 0.269 e. The third-order valence-electron chi connectivity index (χ3n) is 3.17. The number of nitro groups is 1. The van der Waals surface area contributed by atoms with E-state index >= 15 is 0 Å². The molecular formula is C17H18N2O3S. The summed E-state index contributed by atoms with van der Waals surface area (Å²) in [6.07, 6.45) is 1.25. The number of hydrogen-bond donors (Lipinski definition) is 1. The number of nitrogens with zero attached hydrogens (tertiary/aromatic N) is 1. The Bertz CT molecular complexity index is 645. The minimum Gasteiger partial charge on any atom is -0.326 e. The van der Waals surface area contributed by atoms with Crippen LogP contribution in [0.2, 0.25) is 0 Å². The van der Waals surface area contributed by atoms with Gasteiger partial charge >= 0.3 is 0 Å². The Labute approximate surface area is 139 Å². The molecule has 0 unspecified atom stereocenters. The van der Waals surface area contributed by atoms with Crippen LogP contribution in [0.4, 0.5) is 11.4 Å². The number of hydrogen-bond acceptors (Lipinski definition) is 4. The molecule has 0 aliphatic heterocycles. The number of anilines is 1. The third kappa shape index (κ3) is 6.12. The zero-order valence-corrected chi connectivity index (χ0v) is 13.4. The number of thioether (sulfide) groups is 1. The lowest BCUT2D eigenvalue weighted by atomic mass is 10.2. The highest BCUT2D eigenvalue weighted by Gasteiger charge is 2.06. The van der Waals surface area contributed by atoms with Gasteiger partial charge in [-0.2, -0.15) is 11.8 Å². The molecular weight excluding hydrogens is 312 g/mol. The van der Waals surface area contributed by atoms with E-state index in [1.54, 1.807) is 23.9 Å². The lowest BCUT2D eigenvalue weighted by Gasteiger charge is -2.05. The van der Waals surface area contributed by atoms with Crippen LogP contribution in [0.1, 0.15) is 18.4 Å². The van der Waals surface area contributed by atoms with Crippen LogP contribution in [0.3, 0.4) is 0 Å². The monoisotopic (exact) mass is 330 g/mol. The molecule has 5 nitrogen and oxygen atoms in total. The molecule has 2 rings (SSSR count). The maximum atomic E-state index is 11.8. The van der Waals surface area contributed by atoms with Crippen LogP contribution in [-0.4, -0.2) is 16.6 Å². The molecule has 0 radical (unpaired) electrons. The molecule has 0 spiro atoms. The first kappa shape index (κ1) is 17.0. The smallest absolute Gasteiger partial charge is 0.269 e. The first-order valence-corrected chi connectivity index (χ1v) is 8.46. The van der Waals surface area contributed by atoms with Crippen molar-refractivity contribution in [2.75, 3.05) is 11.1 Å². The molecule has 0 aliphatic rings. The van der Waals surface area contributed by atoms with Gasteiger partial charge in [0, 0.05) is 30.0 Å². The van der Waals surface area contributed by atoms with Gasteiger partial charge in [0.2, 0.25) is 5.91 Å². The molecule has 0 fully saturated rings. The zero-order chi connectivity index (χ0) is 16.5. The molecule has 1 amide bonds. The summed E-state index contributed by atoms with van der Waals surface area (Å²) in [7, 11) is 0. The minimum atomic E-state index is -0.463. The van der Waals surface area contributed by atoms with Crippen LogP contribution in [0.15, 0.2) is 54.6 Å². The quantitative estimate of drug-likeness (QED) is 0.446. The summed E-state index contributed by atoms with van der Waals surface area (Å²) in [5.74, 6) is 1.80. The SMILES string of the molecule is O=C(CCCSCc1ccccc1)Nc1ccc([N+](=O)[O-])cc1. The van der Waals surface area contributed by atoms with Crippen molar-refractivity contribution in [2.45, 2.75) is 18.6 Å². The lowest BCUT2D eigenvalue weighted by Crippen LogP contribution is -2.11. The molecule has 0 saturated carbocycles. The van der Waals surface area contributed by atoms with Crippen LogP contribution in [0.5, 0.6) is 0 Å². The van der Waals surface area contributed by atoms with Crippen molar-refractivity contribution in [1.29, 1.82) is 0 Å². The molecule has 120 valence electrons. The molecule has 23 heavy (non-hydrogen) atoms. The third-order valence-corrected chi connectivity index (χ3v) is 4.28. The highest BCUT2D eigenvalue weighted by molar-refractivity contribution is 7.98. The van der Waals surface area contributed by atoms with E-state index in [1.807, 2.05) is 18.2 Å². The first-order chi connectivity index (χ1) is 11.1. The van der Waals surface area contributed by atoms with E-state index in [1.165, 1.54) is 17.7 Å². The molecule has 0 aliphatic carbocycles. The fourth-order valence-corrected chi connectivity index (χ4v) is 2.91. The number of nitrogens with one attached hydrogen (secondary N) is 1. The summed E-state index contributed by atoms with van der Waals surface area (Å²) >= 11 is 1.80. The van der Waals surface area contributed by atoms with Crippen molar-refractivity contribution >= 4 is 29.0 Å². The number of benzene rings is 2. The molecule has 6 heteroatoms. The molecule has 2 aromatic carbocycles. The zero-order valence-electron chi connectivity index (χ0n) is 12.6. The van der Waals surface area contributed by atoms with Crippen LogP contribution in [0.25, 0.3) is 0 Å². The van der Waals surface area contributed by atoms with E-state index in [2.05, 4.69) is 17.4 Å². The Kier molecular flexibility index (Phi) is 6.62. The normalized spacial score (nSPS) is 10.3. The van der Waals surface area contributed by atoms with Crippen molar-refractivity contribution in [1.82, 2.24) is 0 Å². The van der Waals surface area contributed by atoms with E-state index in [-0.39, 0.29) is 11.6 Å². The van der Waals surface area contributed by atoms with Gasteiger partial charge in [0.15, 0.2) is 0 Å². The highest BCUT2D eigenvalue weighted by atomic mass is 32.2. The minimum absolute atomic E-state index is 0.0142. The number of non-ortho nitro benzene ring substituents is 1. The van der Waals surface area contributed by atoms with E-state index in [0.29, 0.717) is 12.1 Å². The van der Waals surface area contributed by atoms with Crippen LogP contribution >= 0.6 is 11.8 Å². The molecule has 0 bridgehead atoms. The second-order valence-corrected chi connectivity index (χ2v) is 6.10. The Morgan fingerprint density at radius 1 is 1.09 bits per heavy atom. The molecule has 0 heterocycles. The van der Waals surface area contributed by atoms with E-state index < -0.39 is 4.92 Å². The number of nitro benzene ring substituents is 1. The second kappa shape index (κ2) is 8.95. The lowest BCUT2D eigenvalue weighted by molar-refractivity contribution is -0.384. The van der Waals surface area contributed by atoms with Gasteiger partial charge in [-0.1, -0.05) is 30.3 Å². The molecule has 1 N–H and O–H groups in total. The largest absolute Gasteiger partial charge is 0.326 e. The average Bonchev–Trinajstić information content (AvgIpc) is 2.56. The Balaban J connectivity index is 1.64. The van der Waals surface area contributed by atoms with Crippen molar-refractivity contribution < 1.29 is 9.72 Å². The summed E-state index contributed by atoms with van der Waals surface area (Å²) < 4.78 is 0. The van der Waals surface area contributed by atoms with Gasteiger partial charge in [-0.25, -0.2) is 0 Å². The standard InChI is InChI=1S/C17H18N2O3S/c20-17(18-15-8-10-16(11-9-15)19(21)22)7-4-12-23-13-14-5-2-1-3-6-14/h1-3,5-6,8-11H,4,7,12-13H2,(H,18,20). The predicted molar refractivity (Wildman–Crippen MR) is 93.6 cm³/mol. The van der Waals surface area contributed by atoms with Crippen molar-refractivity contribution in [3.05, 3.63) is 70.3 Å². The Morgan fingerprint density at radius 2 is 1.78 bits per heavy atom. The maximum absolute atomic E-state index is 11.8. The molecule has 0 aromatic heterocycles. The van der Waals surface area contributed by atoms with Crippen LogP contribution < -0.4 is 5.32 Å². The van der Waals surface area contributed by atoms with E-state index in [9.17, 15) is 14.9 Å². The van der Waals surface area contributed by atoms with Crippen LogP contribution in [-0.2, 0) is 10.5 Å². The van der Waals surface area contributed by atoms with Gasteiger partial charge in [-0.3, -0.25) is 14.9 Å². The number of rotatable bonds is 8. The molecule has 0 saturated heterocycles. The topological polar surface area (TPSA) is 72.2 Å². The van der Waals surface area contributed by atoms with Gasteiger partial charge in [0.05, 0.1) is 4.92 Å². The summed E-state index contributed by atoms with van der Waals surface area (Å²) in [6.45, 7) is 0.